The third-order valence-electron chi connectivity index (χ3n) is 2.76. The molecule has 1 aliphatic rings. The average molecular weight is 249 g/mol. The minimum atomic E-state index is 0. The maximum Gasteiger partial charge on any atom is 0.220 e. The zero-order valence-electron chi connectivity index (χ0n) is 10.6. The molecular formula is C12H25ClN2O. The Balaban J connectivity index is 0.00000225. The van der Waals surface area contributed by atoms with Crippen molar-refractivity contribution in [2.45, 2.75) is 52.5 Å². The highest BCUT2D eigenvalue weighted by Crippen LogP contribution is 2.21. The van der Waals surface area contributed by atoms with Crippen LogP contribution in [0.4, 0.5) is 0 Å². The number of rotatable bonds is 4. The molecule has 1 amide bonds. The summed E-state index contributed by atoms with van der Waals surface area (Å²) in [4.78, 5) is 11.5. The van der Waals surface area contributed by atoms with Crippen LogP contribution in [-0.4, -0.2) is 25.0 Å². The fraction of sp³-hybridized carbons (Fsp3) is 0.917. The lowest BCUT2D eigenvalue weighted by Crippen LogP contribution is -2.36. The van der Waals surface area contributed by atoms with Crippen LogP contribution >= 0.6 is 12.4 Å². The molecule has 1 unspecified atom stereocenters. The third-order valence-corrected chi connectivity index (χ3v) is 2.76. The summed E-state index contributed by atoms with van der Waals surface area (Å²) >= 11 is 0. The molecule has 2 N–H and O–H groups in total. The molecule has 1 saturated heterocycles. The standard InChI is InChI=1S/C12H24N2O.ClH/c1-12(2,3)7-4-5-11(15)14-10-6-8-13-9-10;/h10,13H,4-9H2,1-3H3,(H,14,15);1H. The summed E-state index contributed by atoms with van der Waals surface area (Å²) < 4.78 is 0. The van der Waals surface area contributed by atoms with Crippen molar-refractivity contribution in [3.8, 4) is 0 Å². The molecule has 0 spiro atoms. The van der Waals surface area contributed by atoms with Gasteiger partial charge in [-0.1, -0.05) is 20.8 Å². The van der Waals surface area contributed by atoms with E-state index in [1.54, 1.807) is 0 Å². The maximum atomic E-state index is 11.5. The molecule has 1 aliphatic heterocycles. The van der Waals surface area contributed by atoms with E-state index in [0.717, 1.165) is 32.4 Å². The minimum Gasteiger partial charge on any atom is -0.352 e. The number of halogens is 1. The molecule has 0 aromatic heterocycles. The normalized spacial score (nSPS) is 20.3. The molecule has 1 fully saturated rings. The number of carbonyl (C=O) groups excluding carboxylic acids is 1. The van der Waals surface area contributed by atoms with Crippen molar-refractivity contribution in [2.75, 3.05) is 13.1 Å². The highest BCUT2D eigenvalue weighted by atomic mass is 35.5. The van der Waals surface area contributed by atoms with Gasteiger partial charge in [-0.25, -0.2) is 0 Å². The Hall–Kier alpha value is -0.280. The van der Waals surface area contributed by atoms with Gasteiger partial charge in [0.15, 0.2) is 0 Å². The van der Waals surface area contributed by atoms with E-state index in [2.05, 4.69) is 31.4 Å². The number of amides is 1. The Morgan fingerprint density at radius 2 is 2.12 bits per heavy atom. The van der Waals surface area contributed by atoms with Crippen LogP contribution in [0.3, 0.4) is 0 Å². The molecule has 0 aromatic rings. The van der Waals surface area contributed by atoms with Crippen molar-refractivity contribution in [3.05, 3.63) is 0 Å². The smallest absolute Gasteiger partial charge is 0.220 e. The minimum absolute atomic E-state index is 0. The van der Waals surface area contributed by atoms with Crippen LogP contribution < -0.4 is 10.6 Å². The van der Waals surface area contributed by atoms with Crippen LogP contribution in [0.2, 0.25) is 0 Å². The molecular weight excluding hydrogens is 224 g/mol. The quantitative estimate of drug-likeness (QED) is 0.800. The predicted octanol–water partition coefficient (Wildman–Crippen LogP) is 2.10. The Morgan fingerprint density at radius 3 is 2.62 bits per heavy atom. The second-order valence-electron chi connectivity index (χ2n) is 5.67. The highest BCUT2D eigenvalue weighted by molar-refractivity contribution is 5.85. The predicted molar refractivity (Wildman–Crippen MR) is 70.0 cm³/mol. The molecule has 1 heterocycles. The van der Waals surface area contributed by atoms with Gasteiger partial charge in [-0.05, 0) is 31.2 Å². The number of nitrogens with one attached hydrogen (secondary N) is 2. The number of hydrogen-bond acceptors (Lipinski definition) is 2. The summed E-state index contributed by atoms with van der Waals surface area (Å²) in [6.45, 7) is 8.61. The summed E-state index contributed by atoms with van der Waals surface area (Å²) in [6.07, 6.45) is 3.86. The van der Waals surface area contributed by atoms with Crippen molar-refractivity contribution in [3.63, 3.8) is 0 Å². The van der Waals surface area contributed by atoms with Gasteiger partial charge in [0, 0.05) is 19.0 Å². The molecule has 1 atom stereocenters. The molecule has 0 bridgehead atoms. The van der Waals surface area contributed by atoms with Gasteiger partial charge in [-0.2, -0.15) is 0 Å². The zero-order valence-corrected chi connectivity index (χ0v) is 11.5. The molecule has 1 rings (SSSR count). The molecule has 96 valence electrons. The number of hydrogen-bond donors (Lipinski definition) is 2. The van der Waals surface area contributed by atoms with Crippen LogP contribution in [0.25, 0.3) is 0 Å². The number of carbonyl (C=O) groups is 1. The van der Waals surface area contributed by atoms with Gasteiger partial charge in [0.2, 0.25) is 5.91 Å². The zero-order chi connectivity index (χ0) is 11.3. The Morgan fingerprint density at radius 1 is 1.44 bits per heavy atom. The van der Waals surface area contributed by atoms with Crippen LogP contribution in [0, 0.1) is 5.41 Å². The van der Waals surface area contributed by atoms with Crippen LogP contribution in [-0.2, 0) is 4.79 Å². The van der Waals surface area contributed by atoms with Gasteiger partial charge in [0.25, 0.3) is 0 Å². The van der Waals surface area contributed by atoms with Crippen molar-refractivity contribution >= 4 is 18.3 Å². The first kappa shape index (κ1) is 15.7. The largest absolute Gasteiger partial charge is 0.352 e. The third kappa shape index (κ3) is 7.07. The van der Waals surface area contributed by atoms with Crippen molar-refractivity contribution in [2.24, 2.45) is 5.41 Å². The van der Waals surface area contributed by atoms with Gasteiger partial charge in [0.1, 0.15) is 0 Å². The van der Waals surface area contributed by atoms with E-state index < -0.39 is 0 Å². The second-order valence-corrected chi connectivity index (χ2v) is 5.67. The van der Waals surface area contributed by atoms with Crippen molar-refractivity contribution < 1.29 is 4.79 Å². The fourth-order valence-corrected chi connectivity index (χ4v) is 1.86. The van der Waals surface area contributed by atoms with Gasteiger partial charge in [-0.3, -0.25) is 4.79 Å². The van der Waals surface area contributed by atoms with Gasteiger partial charge in [0.05, 0.1) is 0 Å². The Bertz CT molecular complexity index is 208. The first-order valence-corrected chi connectivity index (χ1v) is 5.97. The molecule has 0 radical (unpaired) electrons. The molecule has 4 heteroatoms. The van der Waals surface area contributed by atoms with E-state index in [9.17, 15) is 4.79 Å². The van der Waals surface area contributed by atoms with E-state index in [1.807, 2.05) is 0 Å². The van der Waals surface area contributed by atoms with Gasteiger partial charge in [-0.15, -0.1) is 12.4 Å². The molecule has 0 aromatic carbocycles. The van der Waals surface area contributed by atoms with E-state index in [4.69, 9.17) is 0 Å². The lowest BCUT2D eigenvalue weighted by Gasteiger charge is -2.18. The topological polar surface area (TPSA) is 41.1 Å². The SMILES string of the molecule is CC(C)(C)CCCC(=O)NC1CCNC1.Cl. The fourth-order valence-electron chi connectivity index (χ4n) is 1.86. The lowest BCUT2D eigenvalue weighted by atomic mass is 9.90. The van der Waals surface area contributed by atoms with Gasteiger partial charge >= 0.3 is 0 Å². The van der Waals surface area contributed by atoms with Crippen molar-refractivity contribution in [1.29, 1.82) is 0 Å². The first-order valence-electron chi connectivity index (χ1n) is 5.97. The van der Waals surface area contributed by atoms with E-state index >= 15 is 0 Å². The van der Waals surface area contributed by atoms with E-state index in [0.29, 0.717) is 17.9 Å². The maximum absolute atomic E-state index is 11.5. The molecule has 3 nitrogen and oxygen atoms in total. The summed E-state index contributed by atoms with van der Waals surface area (Å²) in [7, 11) is 0. The first-order chi connectivity index (χ1) is 6.97. The Kier molecular flexibility index (Phi) is 7.00. The van der Waals surface area contributed by atoms with Crippen LogP contribution in [0.5, 0.6) is 0 Å². The molecule has 16 heavy (non-hydrogen) atoms. The van der Waals surface area contributed by atoms with Gasteiger partial charge < -0.3 is 10.6 Å². The van der Waals surface area contributed by atoms with E-state index in [-0.39, 0.29) is 18.3 Å². The highest BCUT2D eigenvalue weighted by Gasteiger charge is 2.17. The lowest BCUT2D eigenvalue weighted by molar-refractivity contribution is -0.121. The summed E-state index contributed by atoms with van der Waals surface area (Å²) in [5, 5.41) is 6.31. The van der Waals surface area contributed by atoms with Crippen LogP contribution in [0.15, 0.2) is 0 Å². The summed E-state index contributed by atoms with van der Waals surface area (Å²) in [6, 6.07) is 0.368. The summed E-state index contributed by atoms with van der Waals surface area (Å²) in [5.74, 6) is 0.216. The average Bonchev–Trinajstić information content (AvgIpc) is 2.54. The van der Waals surface area contributed by atoms with Crippen LogP contribution in [0.1, 0.15) is 46.5 Å². The monoisotopic (exact) mass is 248 g/mol. The summed E-state index contributed by atoms with van der Waals surface area (Å²) in [5.41, 5.74) is 0.342. The second kappa shape index (κ2) is 7.13. The van der Waals surface area contributed by atoms with Crippen molar-refractivity contribution in [1.82, 2.24) is 10.6 Å². The van der Waals surface area contributed by atoms with E-state index in [1.165, 1.54) is 0 Å². The Labute approximate surface area is 105 Å². The molecule has 0 saturated carbocycles. The molecule has 0 aliphatic carbocycles.